The predicted octanol–water partition coefficient (Wildman–Crippen LogP) is 3.85. The second kappa shape index (κ2) is 7.85. The van der Waals surface area contributed by atoms with Gasteiger partial charge in [0.05, 0.1) is 11.0 Å². The zero-order chi connectivity index (χ0) is 15.2. The first-order valence-corrected chi connectivity index (χ1v) is 9.01. The first-order chi connectivity index (χ1) is 10.2. The Kier molecular flexibility index (Phi) is 6.12. The molecular weight excluding hydrogens is 278 g/mol. The average Bonchev–Trinajstić information content (AvgIpc) is 2.83. The van der Waals surface area contributed by atoms with E-state index in [-0.39, 0.29) is 6.04 Å². The molecule has 0 amide bonds. The lowest BCUT2D eigenvalue weighted by molar-refractivity contribution is 0.619. The average molecular weight is 305 g/mol. The first kappa shape index (κ1) is 16.4. The van der Waals surface area contributed by atoms with E-state index >= 15 is 0 Å². The second-order valence-electron chi connectivity index (χ2n) is 5.68. The predicted molar refractivity (Wildman–Crippen MR) is 93.9 cm³/mol. The Morgan fingerprint density at radius 1 is 1.29 bits per heavy atom. The van der Waals surface area contributed by atoms with Crippen LogP contribution in [0.15, 0.2) is 24.3 Å². The molecule has 2 atom stereocenters. The van der Waals surface area contributed by atoms with Crippen LogP contribution < -0.4 is 5.73 Å². The number of nitrogens with two attached hydrogens (primary N) is 1. The summed E-state index contributed by atoms with van der Waals surface area (Å²) in [4.78, 5) is 4.79. The van der Waals surface area contributed by atoms with Gasteiger partial charge in [-0.25, -0.2) is 4.98 Å². The smallest absolute Gasteiger partial charge is 0.111 e. The molecule has 1 aromatic carbocycles. The van der Waals surface area contributed by atoms with Crippen molar-refractivity contribution in [2.45, 2.75) is 57.9 Å². The highest BCUT2D eigenvalue weighted by atomic mass is 32.2. The van der Waals surface area contributed by atoms with Crippen LogP contribution in [0.3, 0.4) is 0 Å². The Morgan fingerprint density at radius 3 is 2.76 bits per heavy atom. The molecule has 0 radical (unpaired) electrons. The van der Waals surface area contributed by atoms with Crippen LogP contribution >= 0.6 is 11.8 Å². The number of aromatic nitrogens is 2. The van der Waals surface area contributed by atoms with Gasteiger partial charge < -0.3 is 10.3 Å². The summed E-state index contributed by atoms with van der Waals surface area (Å²) in [6.45, 7) is 7.71. The highest BCUT2D eigenvalue weighted by Gasteiger charge is 2.14. The number of aryl methyl sites for hydroxylation is 1. The summed E-state index contributed by atoms with van der Waals surface area (Å²) in [7, 11) is 0. The molecule has 4 heteroatoms. The van der Waals surface area contributed by atoms with Crippen molar-refractivity contribution in [3.05, 3.63) is 30.1 Å². The molecule has 0 bridgehead atoms. The van der Waals surface area contributed by atoms with Gasteiger partial charge in [0.2, 0.25) is 0 Å². The molecule has 0 saturated carbocycles. The van der Waals surface area contributed by atoms with Gasteiger partial charge in [0.15, 0.2) is 0 Å². The molecule has 1 heterocycles. The molecule has 2 aromatic rings. The molecule has 3 nitrogen and oxygen atoms in total. The van der Waals surface area contributed by atoms with Crippen molar-refractivity contribution in [1.82, 2.24) is 9.55 Å². The third-order valence-electron chi connectivity index (χ3n) is 3.80. The van der Waals surface area contributed by atoms with E-state index in [1.165, 1.54) is 11.9 Å². The maximum atomic E-state index is 6.32. The minimum Gasteiger partial charge on any atom is -0.328 e. The van der Waals surface area contributed by atoms with E-state index in [1.807, 2.05) is 17.8 Å². The zero-order valence-corrected chi connectivity index (χ0v) is 14.2. The maximum absolute atomic E-state index is 6.32. The van der Waals surface area contributed by atoms with Crippen LogP contribution in [-0.4, -0.2) is 26.6 Å². The SMILES string of the molecule is CCCn1c(CC(N)CSC(C)CC)nc2ccccc21. The Hall–Kier alpha value is -1.00. The van der Waals surface area contributed by atoms with Crippen LogP contribution in [-0.2, 0) is 13.0 Å². The number of hydrogen-bond donors (Lipinski definition) is 1. The van der Waals surface area contributed by atoms with Gasteiger partial charge in [0, 0.05) is 30.0 Å². The van der Waals surface area contributed by atoms with Crippen molar-refractivity contribution in [2.75, 3.05) is 5.75 Å². The molecule has 0 aliphatic carbocycles. The van der Waals surface area contributed by atoms with Crippen molar-refractivity contribution in [1.29, 1.82) is 0 Å². The molecule has 2 unspecified atom stereocenters. The number of fused-ring (bicyclic) bond motifs is 1. The fraction of sp³-hybridized carbons (Fsp3) is 0.588. The van der Waals surface area contributed by atoms with E-state index in [0.717, 1.165) is 36.5 Å². The third-order valence-corrected chi connectivity index (χ3v) is 5.32. The minimum absolute atomic E-state index is 0.177. The lowest BCUT2D eigenvalue weighted by Crippen LogP contribution is -2.28. The van der Waals surface area contributed by atoms with Crippen molar-refractivity contribution < 1.29 is 0 Å². The van der Waals surface area contributed by atoms with Gasteiger partial charge in [-0.15, -0.1) is 0 Å². The molecule has 1 aromatic heterocycles. The molecule has 116 valence electrons. The molecule has 0 aliphatic heterocycles. The quantitative estimate of drug-likeness (QED) is 0.805. The largest absolute Gasteiger partial charge is 0.328 e. The van der Waals surface area contributed by atoms with Gasteiger partial charge >= 0.3 is 0 Å². The molecule has 0 fully saturated rings. The first-order valence-electron chi connectivity index (χ1n) is 7.97. The van der Waals surface area contributed by atoms with Crippen LogP contribution in [0.5, 0.6) is 0 Å². The summed E-state index contributed by atoms with van der Waals surface area (Å²) >= 11 is 1.97. The minimum atomic E-state index is 0.177. The molecule has 21 heavy (non-hydrogen) atoms. The summed E-state index contributed by atoms with van der Waals surface area (Å²) < 4.78 is 2.34. The highest BCUT2D eigenvalue weighted by Crippen LogP contribution is 2.19. The van der Waals surface area contributed by atoms with Gasteiger partial charge in [-0.3, -0.25) is 0 Å². The van der Waals surface area contributed by atoms with E-state index in [0.29, 0.717) is 5.25 Å². The van der Waals surface area contributed by atoms with Gasteiger partial charge in [-0.05, 0) is 25.0 Å². The number of benzene rings is 1. The van der Waals surface area contributed by atoms with Crippen molar-refractivity contribution in [3.63, 3.8) is 0 Å². The van der Waals surface area contributed by atoms with E-state index in [2.05, 4.69) is 43.5 Å². The van der Waals surface area contributed by atoms with E-state index in [4.69, 9.17) is 10.7 Å². The van der Waals surface area contributed by atoms with E-state index < -0.39 is 0 Å². The zero-order valence-electron chi connectivity index (χ0n) is 13.4. The molecule has 0 spiro atoms. The fourth-order valence-electron chi connectivity index (χ4n) is 2.45. The summed E-state index contributed by atoms with van der Waals surface area (Å²) in [5, 5.41) is 0.686. The van der Waals surface area contributed by atoms with Crippen LogP contribution in [0.1, 0.15) is 39.4 Å². The van der Waals surface area contributed by atoms with E-state index in [1.54, 1.807) is 0 Å². The molecular formula is C17H27N3S. The fourth-order valence-corrected chi connectivity index (χ4v) is 3.38. The molecule has 0 aliphatic rings. The Labute approximate surface area is 132 Å². The Morgan fingerprint density at radius 2 is 2.05 bits per heavy atom. The molecule has 0 saturated heterocycles. The summed E-state index contributed by atoms with van der Waals surface area (Å²) in [6, 6.07) is 8.55. The maximum Gasteiger partial charge on any atom is 0.111 e. The van der Waals surface area contributed by atoms with Gasteiger partial charge in [0.1, 0.15) is 5.82 Å². The number of nitrogens with zero attached hydrogens (tertiary/aromatic N) is 2. The van der Waals surface area contributed by atoms with Crippen molar-refractivity contribution in [2.24, 2.45) is 5.73 Å². The van der Waals surface area contributed by atoms with Gasteiger partial charge in [0.25, 0.3) is 0 Å². The second-order valence-corrected chi connectivity index (χ2v) is 7.16. The lowest BCUT2D eigenvalue weighted by atomic mass is 10.2. The Bertz CT molecular complexity index is 564. The van der Waals surface area contributed by atoms with Crippen LogP contribution in [0, 0.1) is 0 Å². The molecule has 2 N–H and O–H groups in total. The number of para-hydroxylation sites is 2. The number of thioether (sulfide) groups is 1. The van der Waals surface area contributed by atoms with Gasteiger partial charge in [-0.2, -0.15) is 11.8 Å². The van der Waals surface area contributed by atoms with Crippen LogP contribution in [0.25, 0.3) is 11.0 Å². The van der Waals surface area contributed by atoms with Gasteiger partial charge in [-0.1, -0.05) is 32.9 Å². The normalized spacial score (nSPS) is 14.5. The Balaban J connectivity index is 2.11. The number of rotatable bonds is 8. The molecule has 2 rings (SSSR count). The topological polar surface area (TPSA) is 43.8 Å². The highest BCUT2D eigenvalue weighted by molar-refractivity contribution is 7.99. The number of imidazole rings is 1. The summed E-state index contributed by atoms with van der Waals surface area (Å²) in [5.74, 6) is 2.14. The van der Waals surface area contributed by atoms with Crippen molar-refractivity contribution >= 4 is 22.8 Å². The lowest BCUT2D eigenvalue weighted by Gasteiger charge is -2.15. The summed E-state index contributed by atoms with van der Waals surface area (Å²) in [6.07, 6.45) is 3.17. The van der Waals surface area contributed by atoms with E-state index in [9.17, 15) is 0 Å². The van der Waals surface area contributed by atoms with Crippen LogP contribution in [0.2, 0.25) is 0 Å². The summed E-state index contributed by atoms with van der Waals surface area (Å²) in [5.41, 5.74) is 8.64. The van der Waals surface area contributed by atoms with Crippen LogP contribution in [0.4, 0.5) is 0 Å². The standard InChI is InChI=1S/C17H27N3S/c1-4-10-20-16-9-7-6-8-15(16)19-17(20)11-14(18)12-21-13(3)5-2/h6-9,13-14H,4-5,10-12,18H2,1-3H3. The van der Waals surface area contributed by atoms with Crippen molar-refractivity contribution in [3.8, 4) is 0 Å². The monoisotopic (exact) mass is 305 g/mol. The third kappa shape index (κ3) is 4.24. The number of hydrogen-bond acceptors (Lipinski definition) is 3.